The number of ether oxygens (including phenoxy) is 1. The van der Waals surface area contributed by atoms with Crippen molar-refractivity contribution in [2.24, 2.45) is 0 Å². The minimum absolute atomic E-state index is 0.115. The summed E-state index contributed by atoms with van der Waals surface area (Å²) in [7, 11) is -3.56. The van der Waals surface area contributed by atoms with Crippen LogP contribution in [0.25, 0.3) is 0 Å². The van der Waals surface area contributed by atoms with Gasteiger partial charge in [0.1, 0.15) is 0 Å². The monoisotopic (exact) mass is 430 g/mol. The average molecular weight is 430 g/mol. The molecule has 1 N–H and O–H groups in total. The Bertz CT molecular complexity index is 1060. The Morgan fingerprint density at radius 3 is 2.30 bits per heavy atom. The van der Waals surface area contributed by atoms with E-state index in [1.807, 2.05) is 0 Å². The third kappa shape index (κ3) is 5.11. The zero-order valence-corrected chi connectivity index (χ0v) is 17.3. The number of benzene rings is 2. The molecule has 1 saturated heterocycles. The zero-order chi connectivity index (χ0) is 21.7. The van der Waals surface area contributed by atoms with Gasteiger partial charge in [-0.15, -0.1) is 0 Å². The van der Waals surface area contributed by atoms with Crippen LogP contribution in [0, 0.1) is 0 Å². The fourth-order valence-electron chi connectivity index (χ4n) is 3.07. The summed E-state index contributed by atoms with van der Waals surface area (Å²) in [5, 5.41) is 2.55. The van der Waals surface area contributed by atoms with Crippen LogP contribution in [-0.4, -0.2) is 50.1 Å². The van der Waals surface area contributed by atoms with Crippen LogP contribution >= 0.6 is 0 Å². The lowest BCUT2D eigenvalue weighted by atomic mass is 10.1. The first-order chi connectivity index (χ1) is 14.3. The molecule has 0 bridgehead atoms. The highest BCUT2D eigenvalue weighted by Crippen LogP contribution is 2.21. The molecule has 1 amide bonds. The molecule has 0 aliphatic carbocycles. The quantitative estimate of drug-likeness (QED) is 0.534. The summed E-state index contributed by atoms with van der Waals surface area (Å²) in [4.78, 5) is 35.7. The number of nitrogens with one attached hydrogen (secondary N) is 1. The highest BCUT2D eigenvalue weighted by atomic mass is 32.2. The summed E-state index contributed by atoms with van der Waals surface area (Å²) < 4.78 is 31.4. The molecule has 0 unspecified atom stereocenters. The number of esters is 1. The van der Waals surface area contributed by atoms with E-state index < -0.39 is 28.5 Å². The van der Waals surface area contributed by atoms with Crippen molar-refractivity contribution in [3.63, 3.8) is 0 Å². The van der Waals surface area contributed by atoms with Gasteiger partial charge in [0.05, 0.1) is 10.5 Å². The Balaban J connectivity index is 1.56. The van der Waals surface area contributed by atoms with Gasteiger partial charge in [-0.05, 0) is 56.2 Å². The first kappa shape index (κ1) is 21.7. The normalized spacial score (nSPS) is 14.3. The van der Waals surface area contributed by atoms with E-state index in [-0.39, 0.29) is 16.2 Å². The van der Waals surface area contributed by atoms with Crippen molar-refractivity contribution in [2.45, 2.75) is 24.7 Å². The summed E-state index contributed by atoms with van der Waals surface area (Å²) in [6, 6.07) is 11.9. The second-order valence-electron chi connectivity index (χ2n) is 6.90. The van der Waals surface area contributed by atoms with Gasteiger partial charge < -0.3 is 10.1 Å². The lowest BCUT2D eigenvalue weighted by Gasteiger charge is -2.15. The van der Waals surface area contributed by atoms with Gasteiger partial charge in [-0.1, -0.05) is 12.1 Å². The fraction of sp³-hybridized carbons (Fsp3) is 0.286. The Kier molecular flexibility index (Phi) is 6.63. The van der Waals surface area contributed by atoms with E-state index in [0.29, 0.717) is 24.3 Å². The lowest BCUT2D eigenvalue weighted by molar-refractivity contribution is -0.119. The number of hydrogen-bond donors (Lipinski definition) is 1. The van der Waals surface area contributed by atoms with Gasteiger partial charge in [0.25, 0.3) is 5.91 Å². The minimum Gasteiger partial charge on any atom is -0.452 e. The molecule has 1 aliphatic rings. The topological polar surface area (TPSA) is 110 Å². The van der Waals surface area contributed by atoms with E-state index in [9.17, 15) is 22.8 Å². The summed E-state index contributed by atoms with van der Waals surface area (Å²) in [6.07, 6.45) is 1.68. The number of nitrogens with zero attached hydrogens (tertiary/aromatic N) is 1. The first-order valence-corrected chi connectivity index (χ1v) is 10.9. The van der Waals surface area contributed by atoms with Crippen LogP contribution in [0.1, 0.15) is 40.5 Å². The van der Waals surface area contributed by atoms with Crippen LogP contribution < -0.4 is 5.32 Å². The van der Waals surface area contributed by atoms with Crippen molar-refractivity contribution in [1.82, 2.24) is 4.31 Å². The van der Waals surface area contributed by atoms with E-state index >= 15 is 0 Å². The molecule has 0 atom stereocenters. The van der Waals surface area contributed by atoms with Gasteiger partial charge in [0, 0.05) is 24.3 Å². The van der Waals surface area contributed by atoms with Crippen LogP contribution in [0.3, 0.4) is 0 Å². The number of carbonyl (C=O) groups excluding carboxylic acids is 3. The third-order valence-electron chi connectivity index (χ3n) is 4.68. The number of rotatable bonds is 7. The predicted molar refractivity (Wildman–Crippen MR) is 110 cm³/mol. The summed E-state index contributed by atoms with van der Waals surface area (Å²) in [5.41, 5.74) is 1.01. The van der Waals surface area contributed by atoms with Gasteiger partial charge in [-0.2, -0.15) is 4.31 Å². The molecule has 0 aromatic heterocycles. The molecule has 30 heavy (non-hydrogen) atoms. The molecular weight excluding hydrogens is 408 g/mol. The smallest absolute Gasteiger partial charge is 0.338 e. The van der Waals surface area contributed by atoms with Crippen molar-refractivity contribution in [3.05, 3.63) is 59.7 Å². The highest BCUT2D eigenvalue weighted by Gasteiger charge is 2.27. The van der Waals surface area contributed by atoms with Crippen LogP contribution in [0.4, 0.5) is 5.69 Å². The van der Waals surface area contributed by atoms with E-state index in [1.165, 1.54) is 41.6 Å². The number of carbonyl (C=O) groups is 3. The minimum atomic E-state index is -3.56. The van der Waals surface area contributed by atoms with Crippen molar-refractivity contribution in [1.29, 1.82) is 0 Å². The van der Waals surface area contributed by atoms with Gasteiger partial charge in [-0.3, -0.25) is 9.59 Å². The molecule has 0 spiro atoms. The van der Waals surface area contributed by atoms with Gasteiger partial charge in [0.2, 0.25) is 10.0 Å². The number of Topliss-reactive ketones (excluding diaryl/α,β-unsaturated/α-hetero) is 1. The molecule has 1 heterocycles. The van der Waals surface area contributed by atoms with Gasteiger partial charge >= 0.3 is 5.97 Å². The van der Waals surface area contributed by atoms with Crippen molar-refractivity contribution < 1.29 is 27.5 Å². The van der Waals surface area contributed by atoms with Crippen LogP contribution in [0.15, 0.2) is 53.4 Å². The van der Waals surface area contributed by atoms with Crippen LogP contribution in [-0.2, 0) is 19.6 Å². The Labute approximate surface area is 174 Å². The largest absolute Gasteiger partial charge is 0.452 e. The maximum absolute atomic E-state index is 12.5. The molecule has 0 saturated carbocycles. The summed E-state index contributed by atoms with van der Waals surface area (Å²) in [5.74, 6) is -1.43. The molecule has 1 fully saturated rings. The second-order valence-corrected chi connectivity index (χ2v) is 8.83. The Morgan fingerprint density at radius 2 is 1.67 bits per heavy atom. The van der Waals surface area contributed by atoms with Crippen molar-refractivity contribution in [2.75, 3.05) is 25.0 Å². The Hall–Kier alpha value is -3.04. The maximum atomic E-state index is 12.5. The standard InChI is InChI=1S/C21H22N2O6S/c1-15(24)17-5-4-6-18(13-17)22-20(25)14-29-21(26)16-7-9-19(10-8-16)30(27,28)23-11-2-3-12-23/h4-10,13H,2-3,11-12,14H2,1H3,(H,22,25). The molecule has 158 valence electrons. The number of anilines is 1. The molecule has 0 radical (unpaired) electrons. The molecule has 3 rings (SSSR count). The van der Waals surface area contributed by atoms with E-state index in [0.717, 1.165) is 12.8 Å². The van der Waals surface area contributed by atoms with Gasteiger partial charge in [-0.25, -0.2) is 13.2 Å². The summed E-state index contributed by atoms with van der Waals surface area (Å²) in [6.45, 7) is 1.90. The number of hydrogen-bond acceptors (Lipinski definition) is 6. The van der Waals surface area contributed by atoms with E-state index in [4.69, 9.17) is 4.74 Å². The molecule has 2 aromatic carbocycles. The molecule has 2 aromatic rings. The highest BCUT2D eigenvalue weighted by molar-refractivity contribution is 7.89. The number of sulfonamides is 1. The Morgan fingerprint density at radius 1 is 1.00 bits per heavy atom. The third-order valence-corrected chi connectivity index (χ3v) is 6.59. The number of amides is 1. The number of ketones is 1. The first-order valence-electron chi connectivity index (χ1n) is 9.45. The van der Waals surface area contributed by atoms with E-state index in [2.05, 4.69) is 5.32 Å². The average Bonchev–Trinajstić information content (AvgIpc) is 3.28. The van der Waals surface area contributed by atoms with E-state index in [1.54, 1.807) is 18.2 Å². The van der Waals surface area contributed by atoms with Crippen LogP contribution in [0.5, 0.6) is 0 Å². The second kappa shape index (κ2) is 9.19. The zero-order valence-electron chi connectivity index (χ0n) is 16.5. The maximum Gasteiger partial charge on any atom is 0.338 e. The SMILES string of the molecule is CC(=O)c1cccc(NC(=O)COC(=O)c2ccc(S(=O)(=O)N3CCCC3)cc2)c1. The molecular formula is C21H22N2O6S. The fourth-order valence-corrected chi connectivity index (χ4v) is 4.59. The summed E-state index contributed by atoms with van der Waals surface area (Å²) >= 11 is 0. The molecule has 9 heteroatoms. The van der Waals surface area contributed by atoms with Gasteiger partial charge in [0.15, 0.2) is 12.4 Å². The lowest BCUT2D eigenvalue weighted by Crippen LogP contribution is -2.27. The molecule has 8 nitrogen and oxygen atoms in total. The van der Waals surface area contributed by atoms with Crippen LogP contribution in [0.2, 0.25) is 0 Å². The predicted octanol–water partition coefficient (Wildman–Crippen LogP) is 2.47. The van der Waals surface area contributed by atoms with Crippen molar-refractivity contribution >= 4 is 33.4 Å². The molecule has 1 aliphatic heterocycles. The van der Waals surface area contributed by atoms with Crippen molar-refractivity contribution in [3.8, 4) is 0 Å².